The second-order valence-electron chi connectivity index (χ2n) is 2.81. The lowest BCUT2D eigenvalue weighted by Gasteiger charge is -2.05. The van der Waals surface area contributed by atoms with Crippen LogP contribution in [-0.2, 0) is 11.3 Å². The van der Waals surface area contributed by atoms with Gasteiger partial charge in [-0.2, -0.15) is 0 Å². The fourth-order valence-corrected chi connectivity index (χ4v) is 1.57. The third-order valence-electron chi connectivity index (χ3n) is 1.76. The monoisotopic (exact) mass is 275 g/mol. The van der Waals surface area contributed by atoms with E-state index in [1.807, 2.05) is 24.3 Å². The Morgan fingerprint density at radius 1 is 1.43 bits per heavy atom. The summed E-state index contributed by atoms with van der Waals surface area (Å²) < 4.78 is 0. The van der Waals surface area contributed by atoms with Crippen molar-refractivity contribution in [2.75, 3.05) is 5.33 Å². The van der Waals surface area contributed by atoms with Gasteiger partial charge in [-0.3, -0.25) is 4.79 Å². The first-order chi connectivity index (χ1) is 6.74. The molecule has 0 aliphatic carbocycles. The van der Waals surface area contributed by atoms with Gasteiger partial charge in [0.15, 0.2) is 0 Å². The van der Waals surface area contributed by atoms with Crippen LogP contribution in [0.2, 0.25) is 5.02 Å². The Hall–Kier alpha value is -0.540. The molecule has 14 heavy (non-hydrogen) atoms. The van der Waals surface area contributed by atoms with E-state index in [1.165, 1.54) is 0 Å². The van der Waals surface area contributed by atoms with E-state index in [0.29, 0.717) is 23.3 Å². The molecule has 0 radical (unpaired) electrons. The van der Waals surface area contributed by atoms with E-state index >= 15 is 0 Å². The van der Waals surface area contributed by atoms with Crippen LogP contribution in [0.25, 0.3) is 0 Å². The molecule has 0 atom stereocenters. The smallest absolute Gasteiger partial charge is 0.221 e. The fourth-order valence-electron chi connectivity index (χ4n) is 1.01. The molecule has 1 rings (SSSR count). The molecule has 0 spiro atoms. The third-order valence-corrected chi connectivity index (χ3v) is 2.52. The first-order valence-electron chi connectivity index (χ1n) is 4.30. The molecule has 2 nitrogen and oxygen atoms in total. The summed E-state index contributed by atoms with van der Waals surface area (Å²) in [6.45, 7) is 0.492. The van der Waals surface area contributed by atoms with Crippen LogP contribution in [0.1, 0.15) is 12.0 Å². The van der Waals surface area contributed by atoms with Crippen molar-refractivity contribution in [2.45, 2.75) is 13.0 Å². The number of hydrogen-bond acceptors (Lipinski definition) is 1. The summed E-state index contributed by atoms with van der Waals surface area (Å²) in [6, 6.07) is 7.48. The normalized spacial score (nSPS) is 9.86. The van der Waals surface area contributed by atoms with E-state index in [4.69, 9.17) is 11.6 Å². The predicted octanol–water partition coefficient (Wildman–Crippen LogP) is 2.74. The molecule has 0 aromatic heterocycles. The molecule has 4 heteroatoms. The predicted molar refractivity (Wildman–Crippen MR) is 61.7 cm³/mol. The van der Waals surface area contributed by atoms with Crippen molar-refractivity contribution in [3.63, 3.8) is 0 Å². The van der Waals surface area contributed by atoms with Crippen LogP contribution >= 0.6 is 27.5 Å². The molecule has 76 valence electrons. The summed E-state index contributed by atoms with van der Waals surface area (Å²) in [5.41, 5.74) is 0.942. The molecule has 0 bridgehead atoms. The zero-order valence-electron chi connectivity index (χ0n) is 7.59. The van der Waals surface area contributed by atoms with Gasteiger partial charge in [-0.05, 0) is 11.6 Å². The van der Waals surface area contributed by atoms with Crippen molar-refractivity contribution < 1.29 is 4.79 Å². The summed E-state index contributed by atoms with van der Waals surface area (Å²) in [4.78, 5) is 11.1. The highest BCUT2D eigenvalue weighted by Gasteiger charge is 2.01. The van der Waals surface area contributed by atoms with Gasteiger partial charge in [0.05, 0.1) is 0 Å². The summed E-state index contributed by atoms with van der Waals surface area (Å²) in [5.74, 6) is 0.0294. The van der Waals surface area contributed by atoms with E-state index < -0.39 is 0 Å². The molecule has 0 aliphatic heterocycles. The highest BCUT2D eigenvalue weighted by Crippen LogP contribution is 2.14. The largest absolute Gasteiger partial charge is 0.352 e. The van der Waals surface area contributed by atoms with Gasteiger partial charge in [0.1, 0.15) is 0 Å². The van der Waals surface area contributed by atoms with Crippen molar-refractivity contribution in [2.24, 2.45) is 0 Å². The van der Waals surface area contributed by atoms with Crippen molar-refractivity contribution >= 4 is 33.4 Å². The maximum Gasteiger partial charge on any atom is 0.221 e. The minimum absolute atomic E-state index is 0.0294. The third kappa shape index (κ3) is 3.68. The lowest BCUT2D eigenvalue weighted by Crippen LogP contribution is -2.22. The van der Waals surface area contributed by atoms with Gasteiger partial charge >= 0.3 is 0 Å². The number of alkyl halides is 1. The zero-order chi connectivity index (χ0) is 10.4. The molecule has 0 saturated carbocycles. The van der Waals surface area contributed by atoms with E-state index in [2.05, 4.69) is 21.2 Å². The summed E-state index contributed by atoms with van der Waals surface area (Å²) in [6.07, 6.45) is 0.491. The molecular formula is C10H11BrClNO. The van der Waals surface area contributed by atoms with Gasteiger partial charge in [-0.1, -0.05) is 45.7 Å². The highest BCUT2D eigenvalue weighted by atomic mass is 79.9. The Kier molecular flexibility index (Phi) is 4.98. The summed E-state index contributed by atoms with van der Waals surface area (Å²) in [7, 11) is 0. The maximum atomic E-state index is 11.1. The molecule has 1 N–H and O–H groups in total. The molecule has 1 amide bonds. The molecular weight excluding hydrogens is 265 g/mol. The number of carbonyl (C=O) groups is 1. The first kappa shape index (κ1) is 11.5. The van der Waals surface area contributed by atoms with Crippen LogP contribution in [0.3, 0.4) is 0 Å². The van der Waals surface area contributed by atoms with Gasteiger partial charge in [0.25, 0.3) is 0 Å². The van der Waals surface area contributed by atoms with Crippen LogP contribution in [-0.4, -0.2) is 11.2 Å². The maximum absolute atomic E-state index is 11.1. The quantitative estimate of drug-likeness (QED) is 0.842. The van der Waals surface area contributed by atoms with Crippen molar-refractivity contribution in [1.29, 1.82) is 0 Å². The molecule has 0 heterocycles. The lowest BCUT2D eigenvalue weighted by molar-refractivity contribution is -0.120. The standard InChI is InChI=1S/C10H11BrClNO/c11-6-5-10(14)13-7-8-3-1-2-4-9(8)12/h1-4H,5-7H2,(H,13,14). The number of halogens is 2. The zero-order valence-corrected chi connectivity index (χ0v) is 9.94. The van der Waals surface area contributed by atoms with Crippen LogP contribution in [0.15, 0.2) is 24.3 Å². The molecule has 1 aromatic rings. The summed E-state index contributed by atoms with van der Waals surface area (Å²) >= 11 is 9.13. The van der Waals surface area contributed by atoms with Gasteiger partial charge in [-0.25, -0.2) is 0 Å². The van der Waals surface area contributed by atoms with Crippen molar-refractivity contribution in [3.8, 4) is 0 Å². The molecule has 1 aromatic carbocycles. The van der Waals surface area contributed by atoms with E-state index in [0.717, 1.165) is 5.56 Å². The van der Waals surface area contributed by atoms with Crippen LogP contribution in [0, 0.1) is 0 Å². The van der Waals surface area contributed by atoms with Gasteiger partial charge in [0, 0.05) is 23.3 Å². The minimum atomic E-state index is 0.0294. The average Bonchev–Trinajstić information content (AvgIpc) is 2.17. The Morgan fingerprint density at radius 3 is 2.79 bits per heavy atom. The molecule has 0 aliphatic rings. The number of carbonyl (C=O) groups excluding carboxylic acids is 1. The van der Waals surface area contributed by atoms with Crippen LogP contribution in [0.4, 0.5) is 0 Å². The Bertz CT molecular complexity index is 317. The van der Waals surface area contributed by atoms with E-state index in [9.17, 15) is 4.79 Å². The highest BCUT2D eigenvalue weighted by molar-refractivity contribution is 9.09. The number of rotatable bonds is 4. The fraction of sp³-hybridized carbons (Fsp3) is 0.300. The Balaban J connectivity index is 2.46. The second-order valence-corrected chi connectivity index (χ2v) is 4.01. The number of benzene rings is 1. The van der Waals surface area contributed by atoms with E-state index in [1.54, 1.807) is 0 Å². The molecule has 0 unspecified atom stereocenters. The SMILES string of the molecule is O=C(CCBr)NCc1ccccc1Cl. The number of amides is 1. The summed E-state index contributed by atoms with van der Waals surface area (Å²) in [5, 5.41) is 4.16. The first-order valence-corrected chi connectivity index (χ1v) is 5.80. The van der Waals surface area contributed by atoms with Crippen LogP contribution < -0.4 is 5.32 Å². The lowest BCUT2D eigenvalue weighted by atomic mass is 10.2. The minimum Gasteiger partial charge on any atom is -0.352 e. The Morgan fingerprint density at radius 2 is 2.14 bits per heavy atom. The van der Waals surface area contributed by atoms with Gasteiger partial charge < -0.3 is 5.32 Å². The van der Waals surface area contributed by atoms with Crippen LogP contribution in [0.5, 0.6) is 0 Å². The number of nitrogens with one attached hydrogen (secondary N) is 1. The number of hydrogen-bond donors (Lipinski definition) is 1. The molecule has 0 fully saturated rings. The van der Waals surface area contributed by atoms with E-state index in [-0.39, 0.29) is 5.91 Å². The topological polar surface area (TPSA) is 29.1 Å². The van der Waals surface area contributed by atoms with Gasteiger partial charge in [0.2, 0.25) is 5.91 Å². The molecule has 0 saturated heterocycles. The van der Waals surface area contributed by atoms with Gasteiger partial charge in [-0.15, -0.1) is 0 Å². The second kappa shape index (κ2) is 6.04. The Labute approximate surface area is 96.8 Å². The van der Waals surface area contributed by atoms with Crippen molar-refractivity contribution in [3.05, 3.63) is 34.9 Å². The average molecular weight is 277 g/mol. The van der Waals surface area contributed by atoms with Crippen molar-refractivity contribution in [1.82, 2.24) is 5.32 Å².